The molecule has 3 aromatic rings. The molecule has 1 N–H and O–H groups in total. The molecular weight excluding hydrogens is 472 g/mol. The van der Waals surface area contributed by atoms with Crippen molar-refractivity contribution in [2.45, 2.75) is 11.4 Å². The van der Waals surface area contributed by atoms with Gasteiger partial charge in [-0.05, 0) is 36.4 Å². The summed E-state index contributed by atoms with van der Waals surface area (Å²) in [6.07, 6.45) is 0. The number of sulfonamides is 1. The van der Waals surface area contributed by atoms with Crippen LogP contribution >= 0.6 is 0 Å². The van der Waals surface area contributed by atoms with Gasteiger partial charge in [-0.1, -0.05) is 30.3 Å². The molecule has 0 spiro atoms. The third-order valence-corrected chi connectivity index (χ3v) is 7.01. The molecule has 0 aliphatic rings. The van der Waals surface area contributed by atoms with Gasteiger partial charge < -0.3 is 24.3 Å². The van der Waals surface area contributed by atoms with E-state index in [0.29, 0.717) is 28.6 Å². The fourth-order valence-corrected chi connectivity index (χ4v) is 4.99. The van der Waals surface area contributed by atoms with Crippen LogP contribution in [0.2, 0.25) is 0 Å². The molecule has 0 atom stereocenters. The van der Waals surface area contributed by atoms with E-state index in [1.165, 1.54) is 40.6 Å². The number of rotatable bonds is 11. The molecule has 186 valence electrons. The van der Waals surface area contributed by atoms with E-state index in [1.807, 2.05) is 0 Å². The lowest BCUT2D eigenvalue weighted by Crippen LogP contribution is -2.40. The van der Waals surface area contributed by atoms with Crippen LogP contribution in [0.1, 0.15) is 5.56 Å². The van der Waals surface area contributed by atoms with Gasteiger partial charge in [-0.2, -0.15) is 0 Å². The van der Waals surface area contributed by atoms with Crippen molar-refractivity contribution in [3.05, 3.63) is 72.3 Å². The highest BCUT2D eigenvalue weighted by molar-refractivity contribution is 7.92. The fraction of sp³-hybridized carbons (Fsp3) is 0.240. The normalized spacial score (nSPS) is 10.9. The van der Waals surface area contributed by atoms with Crippen LogP contribution in [0.25, 0.3) is 0 Å². The first-order chi connectivity index (χ1) is 16.9. The molecule has 3 aromatic carbocycles. The van der Waals surface area contributed by atoms with Crippen LogP contribution in [0, 0.1) is 0 Å². The van der Waals surface area contributed by atoms with Crippen LogP contribution in [0.4, 0.5) is 5.69 Å². The highest BCUT2D eigenvalue weighted by Crippen LogP contribution is 2.39. The van der Waals surface area contributed by atoms with Gasteiger partial charge in [-0.3, -0.25) is 9.10 Å². The van der Waals surface area contributed by atoms with Gasteiger partial charge in [0.1, 0.15) is 12.3 Å². The lowest BCUT2D eigenvalue weighted by atomic mass is 10.1. The van der Waals surface area contributed by atoms with E-state index in [9.17, 15) is 13.2 Å². The summed E-state index contributed by atoms with van der Waals surface area (Å²) in [5, 5.41) is 2.76. The molecule has 3 rings (SSSR count). The zero-order valence-electron chi connectivity index (χ0n) is 20.0. The number of benzene rings is 3. The maximum atomic E-state index is 13.5. The van der Waals surface area contributed by atoms with Crippen LogP contribution in [0.15, 0.2) is 71.6 Å². The Kier molecular flexibility index (Phi) is 8.43. The smallest absolute Gasteiger partial charge is 0.264 e. The Morgan fingerprint density at radius 2 is 1.40 bits per heavy atom. The summed E-state index contributed by atoms with van der Waals surface area (Å²) in [6.45, 7) is -0.388. The molecule has 0 fully saturated rings. The molecule has 1 amide bonds. The first-order valence-electron chi connectivity index (χ1n) is 10.6. The Balaban J connectivity index is 1.90. The first kappa shape index (κ1) is 25.7. The quantitative estimate of drug-likeness (QED) is 0.431. The van der Waals surface area contributed by atoms with E-state index < -0.39 is 22.5 Å². The SMILES string of the molecule is COc1ccccc1N(CC(=O)NCc1ccc(OC)c(OC)c1OC)S(=O)(=O)c1ccccc1. The Labute approximate surface area is 205 Å². The van der Waals surface area contributed by atoms with E-state index in [0.717, 1.165) is 4.31 Å². The van der Waals surface area contributed by atoms with E-state index in [-0.39, 0.29) is 17.1 Å². The molecule has 35 heavy (non-hydrogen) atoms. The molecule has 0 saturated heterocycles. The molecule has 0 aromatic heterocycles. The van der Waals surface area contributed by atoms with Gasteiger partial charge in [0, 0.05) is 12.1 Å². The predicted octanol–water partition coefficient (Wildman–Crippen LogP) is 3.23. The number of para-hydroxylation sites is 2. The molecule has 0 radical (unpaired) electrons. The van der Waals surface area contributed by atoms with Crippen molar-refractivity contribution in [3.8, 4) is 23.0 Å². The molecule has 0 aliphatic carbocycles. The Morgan fingerprint density at radius 3 is 2.03 bits per heavy atom. The molecule has 0 unspecified atom stereocenters. The third kappa shape index (κ3) is 5.60. The lowest BCUT2D eigenvalue weighted by molar-refractivity contribution is -0.119. The number of carbonyl (C=O) groups is 1. The minimum atomic E-state index is -4.07. The number of carbonyl (C=O) groups excluding carboxylic acids is 1. The molecule has 0 aliphatic heterocycles. The molecule has 0 bridgehead atoms. The second-order valence-electron chi connectivity index (χ2n) is 7.27. The second kappa shape index (κ2) is 11.5. The Hall–Kier alpha value is -3.92. The maximum absolute atomic E-state index is 13.5. The zero-order valence-corrected chi connectivity index (χ0v) is 20.8. The van der Waals surface area contributed by atoms with Crippen molar-refractivity contribution < 1.29 is 32.2 Å². The van der Waals surface area contributed by atoms with E-state index in [4.69, 9.17) is 18.9 Å². The number of nitrogens with one attached hydrogen (secondary N) is 1. The van der Waals surface area contributed by atoms with Crippen LogP contribution in [0.5, 0.6) is 23.0 Å². The number of nitrogens with zero attached hydrogens (tertiary/aromatic N) is 1. The van der Waals surface area contributed by atoms with Crippen LogP contribution in [-0.2, 0) is 21.4 Å². The van der Waals surface area contributed by atoms with Gasteiger partial charge in [-0.15, -0.1) is 0 Å². The highest BCUT2D eigenvalue weighted by Gasteiger charge is 2.29. The topological polar surface area (TPSA) is 103 Å². The van der Waals surface area contributed by atoms with Gasteiger partial charge in [0.15, 0.2) is 11.5 Å². The summed E-state index contributed by atoms with van der Waals surface area (Å²) < 4.78 is 49.5. The number of hydrogen-bond donors (Lipinski definition) is 1. The Bertz CT molecular complexity index is 1260. The summed E-state index contributed by atoms with van der Waals surface area (Å²) in [5.41, 5.74) is 0.881. The second-order valence-corrected chi connectivity index (χ2v) is 9.13. The van der Waals surface area contributed by atoms with E-state index in [2.05, 4.69) is 5.32 Å². The highest BCUT2D eigenvalue weighted by atomic mass is 32.2. The monoisotopic (exact) mass is 500 g/mol. The summed E-state index contributed by atoms with van der Waals surface area (Å²) in [4.78, 5) is 13.1. The summed E-state index contributed by atoms with van der Waals surface area (Å²) in [7, 11) is 1.86. The third-order valence-electron chi connectivity index (χ3n) is 5.23. The van der Waals surface area contributed by atoms with Gasteiger partial charge in [0.25, 0.3) is 10.0 Å². The number of anilines is 1. The minimum Gasteiger partial charge on any atom is -0.495 e. The largest absolute Gasteiger partial charge is 0.495 e. The Morgan fingerprint density at radius 1 is 0.771 bits per heavy atom. The summed E-state index contributed by atoms with van der Waals surface area (Å²) >= 11 is 0. The molecule has 0 saturated carbocycles. The average Bonchev–Trinajstić information content (AvgIpc) is 2.90. The fourth-order valence-electron chi connectivity index (χ4n) is 3.54. The van der Waals surface area contributed by atoms with Crippen molar-refractivity contribution in [3.63, 3.8) is 0 Å². The van der Waals surface area contributed by atoms with E-state index >= 15 is 0 Å². The van der Waals surface area contributed by atoms with Crippen molar-refractivity contribution in [1.29, 1.82) is 0 Å². The standard InChI is InChI=1S/C25H28N2O7S/c1-31-21-13-9-8-12-20(21)27(35(29,30)19-10-6-5-7-11-19)17-23(28)26-16-18-14-15-22(32-2)25(34-4)24(18)33-3/h5-15H,16-17H2,1-4H3,(H,26,28). The lowest BCUT2D eigenvalue weighted by Gasteiger charge is -2.25. The van der Waals surface area contributed by atoms with Gasteiger partial charge in [0.2, 0.25) is 11.7 Å². The van der Waals surface area contributed by atoms with Gasteiger partial charge >= 0.3 is 0 Å². The molecule has 10 heteroatoms. The zero-order chi connectivity index (χ0) is 25.4. The van der Waals surface area contributed by atoms with Crippen LogP contribution in [-0.4, -0.2) is 49.3 Å². The molecule has 0 heterocycles. The maximum Gasteiger partial charge on any atom is 0.264 e. The predicted molar refractivity (Wildman–Crippen MR) is 132 cm³/mol. The van der Waals surface area contributed by atoms with E-state index in [1.54, 1.807) is 54.6 Å². The molecule has 9 nitrogen and oxygen atoms in total. The van der Waals surface area contributed by atoms with Crippen molar-refractivity contribution in [2.75, 3.05) is 39.3 Å². The first-order valence-corrected chi connectivity index (χ1v) is 12.1. The van der Waals surface area contributed by atoms with Gasteiger partial charge in [-0.25, -0.2) is 8.42 Å². The van der Waals surface area contributed by atoms with Crippen molar-refractivity contribution >= 4 is 21.6 Å². The number of ether oxygens (including phenoxy) is 4. The van der Waals surface area contributed by atoms with Crippen LogP contribution < -0.4 is 28.6 Å². The summed E-state index contributed by atoms with van der Waals surface area (Å²) in [6, 6.07) is 18.0. The van der Waals surface area contributed by atoms with Crippen molar-refractivity contribution in [2.24, 2.45) is 0 Å². The summed E-state index contributed by atoms with van der Waals surface area (Å²) in [5.74, 6) is 1.08. The molecular formula is C25H28N2O7S. The minimum absolute atomic E-state index is 0.0558. The van der Waals surface area contributed by atoms with Crippen molar-refractivity contribution in [1.82, 2.24) is 5.32 Å². The van der Waals surface area contributed by atoms with Gasteiger partial charge in [0.05, 0.1) is 39.0 Å². The van der Waals surface area contributed by atoms with Crippen LogP contribution in [0.3, 0.4) is 0 Å². The average molecular weight is 501 g/mol. The number of hydrogen-bond acceptors (Lipinski definition) is 7. The number of methoxy groups -OCH3 is 4. The number of amides is 1.